The van der Waals surface area contributed by atoms with Crippen molar-refractivity contribution in [3.05, 3.63) is 0 Å². The van der Waals surface area contributed by atoms with Gasteiger partial charge in [-0.15, -0.1) is 0 Å². The Kier molecular flexibility index (Phi) is 4.30. The van der Waals surface area contributed by atoms with Crippen LogP contribution in [-0.2, 0) is 4.79 Å². The van der Waals surface area contributed by atoms with E-state index in [1.807, 2.05) is 11.8 Å². The van der Waals surface area contributed by atoms with Gasteiger partial charge in [0.15, 0.2) is 0 Å². The highest BCUT2D eigenvalue weighted by molar-refractivity contribution is 7.99. The summed E-state index contributed by atoms with van der Waals surface area (Å²) in [4.78, 5) is 11.3. The van der Waals surface area contributed by atoms with Gasteiger partial charge in [-0.2, -0.15) is 11.8 Å². The molecule has 1 aliphatic rings. The molecule has 2 unspecified atom stereocenters. The Morgan fingerprint density at radius 3 is 2.77 bits per heavy atom. The zero-order valence-corrected chi connectivity index (χ0v) is 9.69. The smallest absolute Gasteiger partial charge is 0.134 e. The lowest BCUT2D eigenvalue weighted by Crippen LogP contribution is -2.30. The summed E-state index contributed by atoms with van der Waals surface area (Å²) in [6.45, 7) is 6.74. The van der Waals surface area contributed by atoms with E-state index in [1.54, 1.807) is 0 Å². The van der Waals surface area contributed by atoms with Crippen molar-refractivity contribution in [2.75, 3.05) is 5.75 Å². The molecule has 13 heavy (non-hydrogen) atoms. The molecular formula is C11H20OS. The van der Waals surface area contributed by atoms with E-state index in [2.05, 4.69) is 20.8 Å². The minimum Gasteiger partial charge on any atom is -0.300 e. The molecule has 0 radical (unpaired) electrons. The van der Waals surface area contributed by atoms with Crippen LogP contribution >= 0.6 is 11.8 Å². The minimum absolute atomic E-state index is 0.475. The Labute approximate surface area is 85.7 Å². The predicted octanol–water partition coefficient (Wildman–Crippen LogP) is 3.13. The summed E-state index contributed by atoms with van der Waals surface area (Å²) in [5, 5.41) is 0.603. The van der Waals surface area contributed by atoms with E-state index in [0.717, 1.165) is 36.9 Å². The summed E-state index contributed by atoms with van der Waals surface area (Å²) in [5.74, 6) is 3.11. The second-order valence-electron chi connectivity index (χ2n) is 4.18. The van der Waals surface area contributed by atoms with Crippen LogP contribution in [-0.4, -0.2) is 16.8 Å². The molecule has 0 spiro atoms. The van der Waals surface area contributed by atoms with Crippen LogP contribution in [0, 0.1) is 11.8 Å². The average molecular weight is 200 g/mol. The third-order valence-corrected chi connectivity index (χ3v) is 4.18. The van der Waals surface area contributed by atoms with Gasteiger partial charge in [-0.05, 0) is 24.0 Å². The van der Waals surface area contributed by atoms with E-state index < -0.39 is 0 Å². The number of Topliss-reactive ketones (excluding diaryl/α,β-unsaturated/α-hetero) is 1. The quantitative estimate of drug-likeness (QED) is 0.696. The van der Waals surface area contributed by atoms with Crippen molar-refractivity contribution in [2.24, 2.45) is 11.8 Å². The van der Waals surface area contributed by atoms with Gasteiger partial charge in [-0.1, -0.05) is 20.8 Å². The molecule has 0 bridgehead atoms. The second-order valence-corrected chi connectivity index (χ2v) is 5.70. The van der Waals surface area contributed by atoms with Gasteiger partial charge in [-0.25, -0.2) is 0 Å². The van der Waals surface area contributed by atoms with Crippen molar-refractivity contribution < 1.29 is 4.79 Å². The second kappa shape index (κ2) is 5.04. The van der Waals surface area contributed by atoms with Gasteiger partial charge in [0.25, 0.3) is 0 Å². The fraction of sp³-hybridized carbons (Fsp3) is 0.909. The van der Waals surface area contributed by atoms with Crippen molar-refractivity contribution >= 4 is 17.5 Å². The first-order valence-corrected chi connectivity index (χ1v) is 6.33. The molecule has 1 rings (SSSR count). The Morgan fingerprint density at radius 2 is 2.23 bits per heavy atom. The van der Waals surface area contributed by atoms with E-state index in [9.17, 15) is 4.79 Å². The number of hydrogen-bond acceptors (Lipinski definition) is 2. The SMILES string of the molecule is CCSC1CC(=O)CCC1C(C)C. The molecule has 76 valence electrons. The third kappa shape index (κ3) is 3.01. The molecule has 0 heterocycles. The van der Waals surface area contributed by atoms with E-state index >= 15 is 0 Å². The van der Waals surface area contributed by atoms with E-state index in [0.29, 0.717) is 11.0 Å². The normalized spacial score (nSPS) is 29.7. The number of ketones is 1. The van der Waals surface area contributed by atoms with Gasteiger partial charge in [0.2, 0.25) is 0 Å². The standard InChI is InChI=1S/C11H20OS/c1-4-13-11-7-9(12)5-6-10(11)8(2)3/h8,10-11H,4-7H2,1-3H3. The lowest BCUT2D eigenvalue weighted by atomic mass is 9.81. The maximum atomic E-state index is 11.3. The first kappa shape index (κ1) is 11.1. The molecular weight excluding hydrogens is 180 g/mol. The maximum absolute atomic E-state index is 11.3. The van der Waals surface area contributed by atoms with Crippen LogP contribution in [0.5, 0.6) is 0 Å². The van der Waals surface area contributed by atoms with Gasteiger partial charge in [0.05, 0.1) is 0 Å². The molecule has 1 saturated carbocycles. The van der Waals surface area contributed by atoms with Gasteiger partial charge >= 0.3 is 0 Å². The molecule has 0 aromatic carbocycles. The summed E-state index contributed by atoms with van der Waals surface area (Å²) in [5.41, 5.74) is 0. The first-order valence-electron chi connectivity index (χ1n) is 5.28. The molecule has 1 nitrogen and oxygen atoms in total. The highest BCUT2D eigenvalue weighted by atomic mass is 32.2. The van der Waals surface area contributed by atoms with Gasteiger partial charge in [-0.3, -0.25) is 4.79 Å². The Balaban J connectivity index is 2.55. The van der Waals surface area contributed by atoms with Crippen LogP contribution in [0.3, 0.4) is 0 Å². The lowest BCUT2D eigenvalue weighted by Gasteiger charge is -2.32. The molecule has 0 saturated heterocycles. The Hall–Kier alpha value is 0.0200. The summed E-state index contributed by atoms with van der Waals surface area (Å²) in [6.07, 6.45) is 2.76. The number of thioether (sulfide) groups is 1. The summed E-state index contributed by atoms with van der Waals surface area (Å²) in [7, 11) is 0. The fourth-order valence-electron chi connectivity index (χ4n) is 2.15. The van der Waals surface area contributed by atoms with Crippen molar-refractivity contribution in [1.29, 1.82) is 0 Å². The molecule has 0 aromatic rings. The van der Waals surface area contributed by atoms with Gasteiger partial charge in [0, 0.05) is 18.1 Å². The topological polar surface area (TPSA) is 17.1 Å². The van der Waals surface area contributed by atoms with Crippen LogP contribution in [0.25, 0.3) is 0 Å². The van der Waals surface area contributed by atoms with Crippen molar-refractivity contribution in [3.63, 3.8) is 0 Å². The third-order valence-electron chi connectivity index (χ3n) is 2.90. The van der Waals surface area contributed by atoms with E-state index in [-0.39, 0.29) is 0 Å². The largest absolute Gasteiger partial charge is 0.300 e. The summed E-state index contributed by atoms with van der Waals surface area (Å²) >= 11 is 1.97. The number of rotatable bonds is 3. The molecule has 0 N–H and O–H groups in total. The molecule has 1 aliphatic carbocycles. The average Bonchev–Trinajstić information content (AvgIpc) is 2.04. The van der Waals surface area contributed by atoms with Crippen LogP contribution in [0.2, 0.25) is 0 Å². The Morgan fingerprint density at radius 1 is 1.54 bits per heavy atom. The number of carbonyl (C=O) groups excluding carboxylic acids is 1. The first-order chi connectivity index (χ1) is 6.15. The van der Waals surface area contributed by atoms with Crippen molar-refractivity contribution in [2.45, 2.75) is 45.3 Å². The fourth-order valence-corrected chi connectivity index (χ4v) is 3.58. The monoisotopic (exact) mass is 200 g/mol. The molecule has 2 heteroatoms. The zero-order valence-electron chi connectivity index (χ0n) is 8.88. The molecule has 0 amide bonds. The molecule has 2 atom stereocenters. The highest BCUT2D eigenvalue weighted by Gasteiger charge is 2.30. The summed E-state index contributed by atoms with van der Waals surface area (Å²) < 4.78 is 0. The molecule has 1 fully saturated rings. The van der Waals surface area contributed by atoms with Crippen molar-refractivity contribution in [1.82, 2.24) is 0 Å². The number of carbonyl (C=O) groups is 1. The van der Waals surface area contributed by atoms with Gasteiger partial charge in [0.1, 0.15) is 5.78 Å². The van der Waals surface area contributed by atoms with E-state index in [1.165, 1.54) is 0 Å². The number of hydrogen-bond donors (Lipinski definition) is 0. The summed E-state index contributed by atoms with van der Waals surface area (Å²) in [6, 6.07) is 0. The van der Waals surface area contributed by atoms with Crippen LogP contribution in [0.1, 0.15) is 40.0 Å². The molecule has 0 aliphatic heterocycles. The predicted molar refractivity (Wildman–Crippen MR) is 59.1 cm³/mol. The molecule has 0 aromatic heterocycles. The minimum atomic E-state index is 0.475. The zero-order chi connectivity index (χ0) is 9.84. The highest BCUT2D eigenvalue weighted by Crippen LogP contribution is 2.36. The van der Waals surface area contributed by atoms with Crippen LogP contribution in [0.4, 0.5) is 0 Å². The van der Waals surface area contributed by atoms with Crippen molar-refractivity contribution in [3.8, 4) is 0 Å². The lowest BCUT2D eigenvalue weighted by molar-refractivity contribution is -0.121. The van der Waals surface area contributed by atoms with E-state index in [4.69, 9.17) is 0 Å². The van der Waals surface area contributed by atoms with Crippen LogP contribution in [0.15, 0.2) is 0 Å². The van der Waals surface area contributed by atoms with Crippen LogP contribution < -0.4 is 0 Å². The maximum Gasteiger partial charge on any atom is 0.134 e. The Bertz CT molecular complexity index is 177. The van der Waals surface area contributed by atoms with Gasteiger partial charge < -0.3 is 0 Å².